The fourth-order valence-corrected chi connectivity index (χ4v) is 5.02. The number of aliphatic imine (C=N–C) groups is 1. The molecule has 0 aliphatic carbocycles. The van der Waals surface area contributed by atoms with Gasteiger partial charge in [-0.15, -0.1) is 0 Å². The Labute approximate surface area is 201 Å². The number of benzene rings is 2. The van der Waals surface area contributed by atoms with Crippen molar-refractivity contribution >= 4 is 39.8 Å². The fourth-order valence-electron chi connectivity index (χ4n) is 4.10. The van der Waals surface area contributed by atoms with Gasteiger partial charge >= 0.3 is 0 Å². The number of halogens is 1. The van der Waals surface area contributed by atoms with E-state index in [1.54, 1.807) is 24.3 Å². The zero-order chi connectivity index (χ0) is 24.0. The number of hydrogen-bond donors (Lipinski definition) is 1. The number of rotatable bonds is 4. The van der Waals surface area contributed by atoms with Crippen molar-refractivity contribution in [1.82, 2.24) is 9.58 Å². The van der Waals surface area contributed by atoms with E-state index in [-0.39, 0.29) is 16.6 Å². The molecule has 1 aromatic heterocycles. The Morgan fingerprint density at radius 1 is 1.12 bits per heavy atom. The van der Waals surface area contributed by atoms with Gasteiger partial charge in [0.1, 0.15) is 10.9 Å². The van der Waals surface area contributed by atoms with Gasteiger partial charge in [0.25, 0.3) is 5.91 Å². The average Bonchev–Trinajstić information content (AvgIpc) is 3.37. The first-order valence-corrected chi connectivity index (χ1v) is 11.7. The number of carbonyl (C=O) groups excluding carboxylic acids is 1. The molecule has 34 heavy (non-hydrogen) atoms. The Balaban J connectivity index is 1.50. The van der Waals surface area contributed by atoms with Gasteiger partial charge in [0.05, 0.1) is 5.57 Å². The summed E-state index contributed by atoms with van der Waals surface area (Å²) in [5, 5.41) is 14.9. The number of amides is 1. The Hall–Kier alpha value is -3.78. The normalized spacial score (nSPS) is 16.7. The molecule has 0 saturated carbocycles. The fraction of sp³-hybridized carbons (Fsp3) is 0.154. The van der Waals surface area contributed by atoms with Crippen LogP contribution in [-0.2, 0) is 11.2 Å². The van der Waals surface area contributed by atoms with Gasteiger partial charge in [-0.05, 0) is 79.6 Å². The summed E-state index contributed by atoms with van der Waals surface area (Å²) in [7, 11) is 0. The summed E-state index contributed by atoms with van der Waals surface area (Å²) < 4.78 is 16.4. The van der Waals surface area contributed by atoms with Crippen molar-refractivity contribution in [2.24, 2.45) is 10.1 Å². The lowest BCUT2D eigenvalue weighted by atomic mass is 10.1. The molecule has 0 saturated heterocycles. The number of hydrogen-bond acceptors (Lipinski definition) is 4. The lowest BCUT2D eigenvalue weighted by Gasteiger charge is -2.20. The lowest BCUT2D eigenvalue weighted by Crippen LogP contribution is -2.35. The minimum atomic E-state index is -0.508. The van der Waals surface area contributed by atoms with Crippen LogP contribution in [0, 0.1) is 25.1 Å². The molecular weight excluding hydrogens is 449 g/mol. The zero-order valence-electron chi connectivity index (χ0n) is 19.0. The summed E-state index contributed by atoms with van der Waals surface area (Å²) in [6, 6.07) is 16.7. The summed E-state index contributed by atoms with van der Waals surface area (Å²) in [6.45, 7) is 6.12. The monoisotopic (exact) mass is 471 g/mol. The molecule has 3 heterocycles. The SMILES string of the molecule is CCc1ccc(-n2c(C)cc(/C=C3\C(=N)N4N=C(c5ccccc5F)SC4=NC3=O)c2C)cc1. The van der Waals surface area contributed by atoms with E-state index in [9.17, 15) is 9.18 Å². The van der Waals surface area contributed by atoms with E-state index in [1.807, 2.05) is 19.9 Å². The third-order valence-electron chi connectivity index (χ3n) is 5.93. The minimum Gasteiger partial charge on any atom is -0.318 e. The first kappa shape index (κ1) is 22.0. The average molecular weight is 472 g/mol. The van der Waals surface area contributed by atoms with Gasteiger partial charge in [-0.2, -0.15) is 15.1 Å². The van der Waals surface area contributed by atoms with Crippen molar-refractivity contribution in [1.29, 1.82) is 5.41 Å². The Morgan fingerprint density at radius 3 is 2.56 bits per heavy atom. The molecule has 6 nitrogen and oxygen atoms in total. The zero-order valence-corrected chi connectivity index (χ0v) is 19.8. The molecule has 0 unspecified atom stereocenters. The molecule has 0 atom stereocenters. The molecule has 0 fully saturated rings. The van der Waals surface area contributed by atoms with Gasteiger partial charge < -0.3 is 4.57 Å². The van der Waals surface area contributed by atoms with Crippen LogP contribution in [-0.4, -0.2) is 31.5 Å². The van der Waals surface area contributed by atoms with Crippen LogP contribution in [0.4, 0.5) is 4.39 Å². The van der Waals surface area contributed by atoms with Crippen LogP contribution >= 0.6 is 11.8 Å². The summed E-state index contributed by atoms with van der Waals surface area (Å²) in [4.78, 5) is 17.0. The standard InChI is InChI=1S/C26H22FN5OS/c1-4-17-9-11-19(12-10-17)31-15(2)13-18(16(31)3)14-21-23(28)32-26(29-24(21)33)34-25(30-32)20-7-5-6-8-22(20)27/h5-14,28H,4H2,1-3H3/b21-14+,28-23?. The number of nitrogens with zero attached hydrogens (tertiary/aromatic N) is 4. The quantitative estimate of drug-likeness (QED) is 0.513. The smallest absolute Gasteiger partial charge is 0.283 e. The highest BCUT2D eigenvalue weighted by Gasteiger charge is 2.36. The van der Waals surface area contributed by atoms with Crippen molar-refractivity contribution in [3.63, 3.8) is 0 Å². The molecule has 1 N–H and O–H groups in total. The number of fused-ring (bicyclic) bond motifs is 1. The predicted molar refractivity (Wildman–Crippen MR) is 135 cm³/mol. The second-order valence-corrected chi connectivity index (χ2v) is 9.04. The van der Waals surface area contributed by atoms with Gasteiger partial charge in [0.2, 0.25) is 5.17 Å². The Morgan fingerprint density at radius 2 is 1.85 bits per heavy atom. The van der Waals surface area contributed by atoms with Gasteiger partial charge in [-0.25, -0.2) is 4.39 Å². The highest BCUT2D eigenvalue weighted by molar-refractivity contribution is 8.27. The molecule has 0 bridgehead atoms. The predicted octanol–water partition coefficient (Wildman–Crippen LogP) is 5.46. The topological polar surface area (TPSA) is 73.8 Å². The maximum atomic E-state index is 14.2. The second kappa shape index (κ2) is 8.53. The van der Waals surface area contributed by atoms with E-state index < -0.39 is 11.7 Å². The highest BCUT2D eigenvalue weighted by atomic mass is 32.2. The van der Waals surface area contributed by atoms with E-state index >= 15 is 0 Å². The summed E-state index contributed by atoms with van der Waals surface area (Å²) in [5.74, 6) is -1.00. The van der Waals surface area contributed by atoms with Crippen LogP contribution in [0.3, 0.4) is 0 Å². The van der Waals surface area contributed by atoms with Crippen LogP contribution in [0.25, 0.3) is 11.8 Å². The van der Waals surface area contributed by atoms with E-state index in [4.69, 9.17) is 5.41 Å². The third-order valence-corrected chi connectivity index (χ3v) is 6.87. The number of carbonyl (C=O) groups is 1. The minimum absolute atomic E-state index is 0.0778. The molecule has 3 aromatic rings. The van der Waals surface area contributed by atoms with E-state index in [0.717, 1.165) is 40.8 Å². The molecule has 2 aliphatic rings. The first-order chi connectivity index (χ1) is 16.4. The molecular formula is C26H22FN5OS. The van der Waals surface area contributed by atoms with Crippen molar-refractivity contribution in [2.75, 3.05) is 0 Å². The molecule has 2 aliphatic heterocycles. The van der Waals surface area contributed by atoms with Gasteiger partial charge in [-0.1, -0.05) is 31.2 Å². The number of amidine groups is 2. The second-order valence-electron chi connectivity index (χ2n) is 8.09. The van der Waals surface area contributed by atoms with Crippen LogP contribution in [0.15, 0.2) is 70.3 Å². The molecule has 1 amide bonds. The largest absolute Gasteiger partial charge is 0.318 e. The summed E-state index contributed by atoms with van der Waals surface area (Å²) in [6.07, 6.45) is 2.66. The number of thioether (sulfide) groups is 1. The van der Waals surface area contributed by atoms with Crippen molar-refractivity contribution < 1.29 is 9.18 Å². The molecule has 5 rings (SSSR count). The van der Waals surface area contributed by atoms with E-state index in [0.29, 0.717) is 10.6 Å². The van der Waals surface area contributed by atoms with Crippen molar-refractivity contribution in [3.8, 4) is 5.69 Å². The summed E-state index contributed by atoms with van der Waals surface area (Å²) >= 11 is 1.08. The number of nitrogens with one attached hydrogen (secondary N) is 1. The van der Waals surface area contributed by atoms with Crippen molar-refractivity contribution in [2.45, 2.75) is 27.2 Å². The Kier molecular flexibility index (Phi) is 5.53. The van der Waals surface area contributed by atoms with Gasteiger partial charge in [-0.3, -0.25) is 10.2 Å². The molecule has 8 heteroatoms. The number of hydrazone groups is 1. The Bertz CT molecular complexity index is 1430. The highest BCUT2D eigenvalue weighted by Crippen LogP contribution is 2.32. The van der Waals surface area contributed by atoms with Crippen LogP contribution in [0.1, 0.15) is 35.0 Å². The summed E-state index contributed by atoms with van der Waals surface area (Å²) in [5.41, 5.74) is 5.56. The van der Waals surface area contributed by atoms with Crippen LogP contribution < -0.4 is 0 Å². The van der Waals surface area contributed by atoms with E-state index in [2.05, 4.69) is 45.9 Å². The molecule has 170 valence electrons. The molecule has 0 radical (unpaired) electrons. The maximum Gasteiger partial charge on any atom is 0.283 e. The third kappa shape index (κ3) is 3.70. The van der Waals surface area contributed by atoms with E-state index in [1.165, 1.54) is 16.6 Å². The van der Waals surface area contributed by atoms with Gasteiger partial charge in [0, 0.05) is 22.6 Å². The maximum absolute atomic E-state index is 14.2. The molecule has 0 spiro atoms. The first-order valence-electron chi connectivity index (χ1n) is 10.9. The number of aryl methyl sites for hydroxylation is 2. The lowest BCUT2D eigenvalue weighted by molar-refractivity contribution is -0.114. The number of aromatic nitrogens is 1. The van der Waals surface area contributed by atoms with Crippen LogP contribution in [0.2, 0.25) is 0 Å². The van der Waals surface area contributed by atoms with Crippen molar-refractivity contribution in [3.05, 3.63) is 94.1 Å². The van der Waals surface area contributed by atoms with Gasteiger partial charge in [0.15, 0.2) is 5.84 Å². The van der Waals surface area contributed by atoms with Crippen LogP contribution in [0.5, 0.6) is 0 Å². The molecule has 2 aromatic carbocycles.